The van der Waals surface area contributed by atoms with Crippen LogP contribution in [0.2, 0.25) is 0 Å². The molecule has 0 spiro atoms. The molecule has 0 aliphatic heterocycles. The van der Waals surface area contributed by atoms with Crippen molar-refractivity contribution in [3.8, 4) is 0 Å². The summed E-state index contributed by atoms with van der Waals surface area (Å²) in [7, 11) is 0. The highest BCUT2D eigenvalue weighted by atomic mass is 16.5. The predicted octanol–water partition coefficient (Wildman–Crippen LogP) is 2.56. The molecule has 0 aromatic heterocycles. The van der Waals surface area contributed by atoms with E-state index in [4.69, 9.17) is 9.47 Å². The summed E-state index contributed by atoms with van der Waals surface area (Å²) in [6, 6.07) is 0. The quantitative estimate of drug-likeness (QED) is 0.674. The minimum absolute atomic E-state index is 0.308. The molecule has 0 aromatic carbocycles. The Morgan fingerprint density at radius 1 is 0.882 bits per heavy atom. The molecule has 0 radical (unpaired) electrons. The molecule has 0 bridgehead atoms. The maximum absolute atomic E-state index is 11.9. The second kappa shape index (κ2) is 6.03. The van der Waals surface area contributed by atoms with E-state index in [0.29, 0.717) is 13.2 Å². The van der Waals surface area contributed by atoms with Crippen LogP contribution < -0.4 is 0 Å². The molecule has 0 aliphatic carbocycles. The molecule has 0 saturated heterocycles. The van der Waals surface area contributed by atoms with E-state index in [0.717, 1.165) is 6.42 Å². The van der Waals surface area contributed by atoms with Crippen LogP contribution in [0.15, 0.2) is 0 Å². The van der Waals surface area contributed by atoms with Gasteiger partial charge in [-0.1, -0.05) is 6.92 Å². The van der Waals surface area contributed by atoms with Gasteiger partial charge in [-0.25, -0.2) is 0 Å². The molecule has 17 heavy (non-hydrogen) atoms. The maximum Gasteiger partial charge on any atom is 0.312 e. The van der Waals surface area contributed by atoms with Gasteiger partial charge in [0, 0.05) is 0 Å². The van der Waals surface area contributed by atoms with Gasteiger partial charge in [0.15, 0.2) is 0 Å². The molecular formula is C13H24O4. The number of carbonyl (C=O) groups is 2. The Balaban J connectivity index is 4.88. The highest BCUT2D eigenvalue weighted by Crippen LogP contribution is 2.40. The van der Waals surface area contributed by atoms with Gasteiger partial charge in [-0.15, -0.1) is 0 Å². The number of carbonyl (C=O) groups excluding carboxylic acids is 2. The number of hydrogen-bond acceptors (Lipinski definition) is 4. The van der Waals surface area contributed by atoms with Crippen LogP contribution in [-0.4, -0.2) is 25.2 Å². The molecule has 4 heteroatoms. The fourth-order valence-corrected chi connectivity index (χ4v) is 1.20. The van der Waals surface area contributed by atoms with E-state index in [-0.39, 0.29) is 11.9 Å². The zero-order chi connectivity index (χ0) is 13.7. The van der Waals surface area contributed by atoms with Crippen LogP contribution in [-0.2, 0) is 19.1 Å². The van der Waals surface area contributed by atoms with E-state index in [1.54, 1.807) is 34.6 Å². The van der Waals surface area contributed by atoms with Crippen LogP contribution >= 0.6 is 0 Å². The lowest BCUT2D eigenvalue weighted by Gasteiger charge is -2.36. The van der Waals surface area contributed by atoms with Crippen molar-refractivity contribution >= 4 is 11.9 Å². The summed E-state index contributed by atoms with van der Waals surface area (Å²) in [4.78, 5) is 23.8. The molecule has 0 atom stereocenters. The van der Waals surface area contributed by atoms with Gasteiger partial charge >= 0.3 is 11.9 Å². The summed E-state index contributed by atoms with van der Waals surface area (Å²) in [5.74, 6) is -0.740. The van der Waals surface area contributed by atoms with Gasteiger partial charge < -0.3 is 9.47 Å². The van der Waals surface area contributed by atoms with E-state index >= 15 is 0 Å². The molecule has 0 heterocycles. The molecule has 0 amide bonds. The van der Waals surface area contributed by atoms with Gasteiger partial charge in [0.25, 0.3) is 0 Å². The van der Waals surface area contributed by atoms with Crippen LogP contribution in [0.3, 0.4) is 0 Å². The first-order chi connectivity index (χ1) is 7.71. The zero-order valence-electron chi connectivity index (χ0n) is 11.8. The topological polar surface area (TPSA) is 52.6 Å². The standard InChI is InChI=1S/C13H24O4/c1-7-9-17-11(15)13(5,6)12(3,4)10(14)16-8-2/h7-9H2,1-6H3. The van der Waals surface area contributed by atoms with E-state index in [2.05, 4.69) is 0 Å². The van der Waals surface area contributed by atoms with Crippen molar-refractivity contribution in [2.75, 3.05) is 13.2 Å². The maximum atomic E-state index is 11.9. The van der Waals surface area contributed by atoms with E-state index in [9.17, 15) is 9.59 Å². The largest absolute Gasteiger partial charge is 0.466 e. The van der Waals surface area contributed by atoms with Crippen molar-refractivity contribution in [3.05, 3.63) is 0 Å². The Hall–Kier alpha value is -1.06. The highest BCUT2D eigenvalue weighted by molar-refractivity contribution is 5.87. The fourth-order valence-electron chi connectivity index (χ4n) is 1.20. The Morgan fingerprint density at radius 3 is 1.65 bits per heavy atom. The molecule has 0 aromatic rings. The molecule has 0 aliphatic rings. The van der Waals surface area contributed by atoms with Gasteiger partial charge in [0.05, 0.1) is 24.0 Å². The first-order valence-electron chi connectivity index (χ1n) is 6.06. The van der Waals surface area contributed by atoms with Crippen LogP contribution in [0.25, 0.3) is 0 Å². The normalized spacial score (nSPS) is 12.1. The molecule has 4 nitrogen and oxygen atoms in total. The van der Waals surface area contributed by atoms with Gasteiger partial charge in [0.1, 0.15) is 0 Å². The molecular weight excluding hydrogens is 220 g/mol. The Morgan fingerprint density at radius 2 is 1.29 bits per heavy atom. The molecule has 0 unspecified atom stereocenters. The smallest absolute Gasteiger partial charge is 0.312 e. The number of hydrogen-bond donors (Lipinski definition) is 0. The lowest BCUT2D eigenvalue weighted by Crippen LogP contribution is -2.46. The summed E-state index contributed by atoms with van der Waals surface area (Å²) in [5.41, 5.74) is -1.82. The van der Waals surface area contributed by atoms with Crippen LogP contribution in [0.5, 0.6) is 0 Å². The van der Waals surface area contributed by atoms with E-state index in [1.807, 2.05) is 6.92 Å². The summed E-state index contributed by atoms with van der Waals surface area (Å²) >= 11 is 0. The Bertz CT molecular complexity index is 279. The monoisotopic (exact) mass is 244 g/mol. The molecule has 0 N–H and O–H groups in total. The van der Waals surface area contributed by atoms with Gasteiger partial charge in [-0.3, -0.25) is 9.59 Å². The predicted molar refractivity (Wildman–Crippen MR) is 65.4 cm³/mol. The van der Waals surface area contributed by atoms with Gasteiger partial charge in [0.2, 0.25) is 0 Å². The van der Waals surface area contributed by atoms with Crippen molar-refractivity contribution < 1.29 is 19.1 Å². The van der Waals surface area contributed by atoms with E-state index < -0.39 is 10.8 Å². The van der Waals surface area contributed by atoms with Crippen LogP contribution in [0, 0.1) is 10.8 Å². The summed E-state index contributed by atoms with van der Waals surface area (Å²) in [6.45, 7) is 11.2. The van der Waals surface area contributed by atoms with Crippen molar-refractivity contribution in [1.82, 2.24) is 0 Å². The Kier molecular flexibility index (Phi) is 5.66. The minimum Gasteiger partial charge on any atom is -0.466 e. The fraction of sp³-hybridized carbons (Fsp3) is 0.846. The summed E-state index contributed by atoms with van der Waals surface area (Å²) < 4.78 is 10.1. The second-order valence-corrected chi connectivity index (χ2v) is 5.11. The van der Waals surface area contributed by atoms with E-state index in [1.165, 1.54) is 0 Å². The zero-order valence-corrected chi connectivity index (χ0v) is 11.8. The average Bonchev–Trinajstić information content (AvgIpc) is 2.25. The average molecular weight is 244 g/mol. The minimum atomic E-state index is -0.909. The third-order valence-corrected chi connectivity index (χ3v) is 3.30. The number of esters is 2. The van der Waals surface area contributed by atoms with Crippen molar-refractivity contribution in [2.45, 2.75) is 48.0 Å². The molecule has 100 valence electrons. The van der Waals surface area contributed by atoms with Crippen LogP contribution in [0.1, 0.15) is 48.0 Å². The van der Waals surface area contributed by atoms with Crippen molar-refractivity contribution in [1.29, 1.82) is 0 Å². The van der Waals surface area contributed by atoms with Gasteiger partial charge in [-0.05, 0) is 41.0 Å². The third kappa shape index (κ3) is 3.45. The SMILES string of the molecule is CCCOC(=O)C(C)(C)C(C)(C)C(=O)OCC. The third-order valence-electron chi connectivity index (χ3n) is 3.30. The Labute approximate surface area is 104 Å². The first-order valence-corrected chi connectivity index (χ1v) is 6.06. The van der Waals surface area contributed by atoms with Crippen LogP contribution in [0.4, 0.5) is 0 Å². The number of ether oxygens (including phenoxy) is 2. The number of rotatable bonds is 6. The molecule has 0 fully saturated rings. The molecule has 0 saturated carbocycles. The lowest BCUT2D eigenvalue weighted by atomic mass is 9.68. The summed E-state index contributed by atoms with van der Waals surface area (Å²) in [6.07, 6.45) is 0.766. The molecule has 0 rings (SSSR count). The second-order valence-electron chi connectivity index (χ2n) is 5.11. The first kappa shape index (κ1) is 15.9. The lowest BCUT2D eigenvalue weighted by molar-refractivity contribution is -0.175. The van der Waals surface area contributed by atoms with Gasteiger partial charge in [-0.2, -0.15) is 0 Å². The van der Waals surface area contributed by atoms with Crippen molar-refractivity contribution in [3.63, 3.8) is 0 Å². The summed E-state index contributed by atoms with van der Waals surface area (Å²) in [5, 5.41) is 0. The highest BCUT2D eigenvalue weighted by Gasteiger charge is 2.50. The van der Waals surface area contributed by atoms with Crippen molar-refractivity contribution in [2.24, 2.45) is 10.8 Å².